The van der Waals surface area contributed by atoms with E-state index in [0.717, 1.165) is 24.8 Å². The molecule has 1 atom stereocenters. The summed E-state index contributed by atoms with van der Waals surface area (Å²) in [4.78, 5) is 2.21. The van der Waals surface area contributed by atoms with Crippen LogP contribution in [0.5, 0.6) is 0 Å². The fourth-order valence-electron chi connectivity index (χ4n) is 2.17. The van der Waals surface area contributed by atoms with Crippen molar-refractivity contribution in [1.29, 1.82) is 0 Å². The predicted octanol–water partition coefficient (Wildman–Crippen LogP) is 3.49. The van der Waals surface area contributed by atoms with Crippen LogP contribution in [-0.4, -0.2) is 43.9 Å². The van der Waals surface area contributed by atoms with E-state index in [0.29, 0.717) is 11.5 Å². The van der Waals surface area contributed by atoms with Crippen LogP contribution in [0, 0.1) is 0 Å². The molecule has 1 aliphatic rings. The first-order valence-electron chi connectivity index (χ1n) is 7.17. The minimum Gasteiger partial charge on any atom is -0.516 e. The van der Waals surface area contributed by atoms with E-state index in [9.17, 15) is 0 Å². The summed E-state index contributed by atoms with van der Waals surface area (Å²) in [5.41, 5.74) is 0.927. The third kappa shape index (κ3) is 5.30. The maximum atomic E-state index is 8.69. The molecule has 1 N–H and O–H groups in total. The van der Waals surface area contributed by atoms with Crippen molar-refractivity contribution in [3.63, 3.8) is 0 Å². The second-order valence-corrected chi connectivity index (χ2v) is 4.89. The highest BCUT2D eigenvalue weighted by molar-refractivity contribution is 5.32. The van der Waals surface area contributed by atoms with Gasteiger partial charge in [0.2, 0.25) is 0 Å². The minimum absolute atomic E-state index is 0.0399. The molecular formula is C18H25NO3. The quantitative estimate of drug-likeness (QED) is 0.623. The van der Waals surface area contributed by atoms with Gasteiger partial charge in [0.05, 0.1) is 26.5 Å². The number of allylic oxidation sites excluding steroid dienone is 4. The van der Waals surface area contributed by atoms with Crippen molar-refractivity contribution in [3.8, 4) is 0 Å². The number of ether oxygens (including phenoxy) is 2. The maximum Gasteiger partial charge on any atom is 0.160 e. The highest BCUT2D eigenvalue weighted by atomic mass is 16.5. The number of nitrogens with zero attached hydrogens (tertiary/aromatic N) is 1. The molecule has 0 aromatic rings. The first-order chi connectivity index (χ1) is 10.6. The monoisotopic (exact) mass is 303 g/mol. The van der Waals surface area contributed by atoms with E-state index >= 15 is 0 Å². The van der Waals surface area contributed by atoms with E-state index in [2.05, 4.69) is 24.6 Å². The minimum atomic E-state index is 0.0399. The maximum absolute atomic E-state index is 8.69. The fourth-order valence-corrected chi connectivity index (χ4v) is 2.17. The van der Waals surface area contributed by atoms with Crippen LogP contribution in [0.3, 0.4) is 0 Å². The Kier molecular flexibility index (Phi) is 7.86. The molecule has 0 saturated carbocycles. The Bertz CT molecular complexity index is 512. The van der Waals surface area contributed by atoms with E-state index in [1.54, 1.807) is 26.4 Å². The lowest BCUT2D eigenvalue weighted by molar-refractivity contribution is 0.240. The molecule has 0 aromatic heterocycles. The van der Waals surface area contributed by atoms with E-state index in [-0.39, 0.29) is 6.04 Å². The van der Waals surface area contributed by atoms with Crippen molar-refractivity contribution in [1.82, 2.24) is 4.90 Å². The summed E-state index contributed by atoms with van der Waals surface area (Å²) in [6.07, 6.45) is 15.0. The highest BCUT2D eigenvalue weighted by Crippen LogP contribution is 2.17. The van der Waals surface area contributed by atoms with Gasteiger partial charge in [-0.25, -0.2) is 0 Å². The van der Waals surface area contributed by atoms with Crippen LogP contribution < -0.4 is 0 Å². The van der Waals surface area contributed by atoms with Gasteiger partial charge in [0, 0.05) is 6.54 Å². The molecule has 1 rings (SSSR count). The van der Waals surface area contributed by atoms with Crippen molar-refractivity contribution in [2.45, 2.75) is 12.5 Å². The van der Waals surface area contributed by atoms with Gasteiger partial charge in [-0.1, -0.05) is 30.9 Å². The summed E-state index contributed by atoms with van der Waals surface area (Å²) in [5, 5.41) is 8.69. The second kappa shape index (κ2) is 9.68. The molecule has 0 amide bonds. The normalized spacial score (nSPS) is 27.0. The van der Waals surface area contributed by atoms with Gasteiger partial charge in [-0.2, -0.15) is 0 Å². The predicted molar refractivity (Wildman–Crippen MR) is 90.4 cm³/mol. The molecule has 4 heteroatoms. The van der Waals surface area contributed by atoms with Gasteiger partial charge in [-0.3, -0.25) is 4.90 Å². The molecule has 0 radical (unpaired) electrons. The van der Waals surface area contributed by atoms with E-state index in [4.69, 9.17) is 14.6 Å². The molecule has 1 unspecified atom stereocenters. The Morgan fingerprint density at radius 2 is 1.95 bits per heavy atom. The molecular weight excluding hydrogens is 278 g/mol. The number of aliphatic hydroxyl groups is 1. The summed E-state index contributed by atoms with van der Waals surface area (Å²) in [6.45, 7) is 5.01. The average molecular weight is 303 g/mol. The third-order valence-corrected chi connectivity index (χ3v) is 3.39. The van der Waals surface area contributed by atoms with Crippen molar-refractivity contribution < 1.29 is 14.6 Å². The number of aliphatic hydroxyl groups excluding tert-OH is 1. The molecule has 22 heavy (non-hydrogen) atoms. The SMILES string of the molecule is C=C(/C=C\C=C\O)C1/C=C/C(OC)=C(OC)\C=C\CCN1C. The molecule has 0 aromatic carbocycles. The molecule has 0 bridgehead atoms. The van der Waals surface area contributed by atoms with Crippen LogP contribution in [0.4, 0.5) is 0 Å². The van der Waals surface area contributed by atoms with E-state index in [1.807, 2.05) is 24.3 Å². The van der Waals surface area contributed by atoms with Crippen molar-refractivity contribution >= 4 is 0 Å². The lowest BCUT2D eigenvalue weighted by atomic mass is 10.0. The number of methoxy groups -OCH3 is 2. The van der Waals surface area contributed by atoms with E-state index < -0.39 is 0 Å². The first kappa shape index (κ1) is 17.9. The van der Waals surface area contributed by atoms with Gasteiger partial charge >= 0.3 is 0 Å². The van der Waals surface area contributed by atoms with Crippen LogP contribution in [0.25, 0.3) is 0 Å². The molecule has 4 nitrogen and oxygen atoms in total. The molecule has 0 fully saturated rings. The molecule has 1 heterocycles. The van der Waals surface area contributed by atoms with Crippen LogP contribution in [0.1, 0.15) is 6.42 Å². The molecule has 0 saturated heterocycles. The largest absolute Gasteiger partial charge is 0.516 e. The molecule has 120 valence electrons. The average Bonchev–Trinajstić information content (AvgIpc) is 2.52. The van der Waals surface area contributed by atoms with Crippen molar-refractivity contribution in [2.24, 2.45) is 0 Å². The van der Waals surface area contributed by atoms with Crippen molar-refractivity contribution in [3.05, 3.63) is 72.5 Å². The van der Waals surface area contributed by atoms with Crippen LogP contribution >= 0.6 is 0 Å². The first-order valence-corrected chi connectivity index (χ1v) is 7.17. The van der Waals surface area contributed by atoms with Gasteiger partial charge in [-0.15, -0.1) is 0 Å². The van der Waals surface area contributed by atoms with Crippen LogP contribution in [-0.2, 0) is 9.47 Å². The van der Waals surface area contributed by atoms with Gasteiger partial charge in [0.1, 0.15) is 0 Å². The van der Waals surface area contributed by atoms with Gasteiger partial charge in [-0.05, 0) is 37.3 Å². The Labute approximate surface area is 133 Å². The summed E-state index contributed by atoms with van der Waals surface area (Å²) in [6, 6.07) is 0.0399. The van der Waals surface area contributed by atoms with Gasteiger partial charge < -0.3 is 14.6 Å². The topological polar surface area (TPSA) is 41.9 Å². The lowest BCUT2D eigenvalue weighted by Crippen LogP contribution is -2.32. The Hall–Kier alpha value is -2.20. The lowest BCUT2D eigenvalue weighted by Gasteiger charge is -2.26. The molecule has 1 aliphatic heterocycles. The molecule has 0 spiro atoms. The zero-order valence-electron chi connectivity index (χ0n) is 13.5. The number of hydrogen-bond acceptors (Lipinski definition) is 4. The van der Waals surface area contributed by atoms with Gasteiger partial charge in [0.15, 0.2) is 11.5 Å². The molecule has 0 aliphatic carbocycles. The standard InChI is InChI=1S/C18H25NO3/c1-15(9-6-8-14-20)16-11-12-18(22-4)17(21-3)10-5-7-13-19(16)2/h5-6,8-12,14,16,20H,1,7,13H2,2-4H3/b9-6-,10-5+,12-11+,14-8+,18-17-. The Balaban J connectivity index is 3.08. The summed E-state index contributed by atoms with van der Waals surface area (Å²) in [5.74, 6) is 1.37. The van der Waals surface area contributed by atoms with Crippen LogP contribution in [0.15, 0.2) is 72.5 Å². The number of hydrogen-bond donors (Lipinski definition) is 1. The Morgan fingerprint density at radius 3 is 2.59 bits per heavy atom. The van der Waals surface area contributed by atoms with E-state index in [1.165, 1.54) is 0 Å². The Morgan fingerprint density at radius 1 is 1.27 bits per heavy atom. The van der Waals surface area contributed by atoms with Gasteiger partial charge in [0.25, 0.3) is 0 Å². The number of likely N-dealkylation sites (N-methyl/N-ethyl adjacent to an activating group) is 1. The summed E-state index contributed by atoms with van der Waals surface area (Å²) in [7, 11) is 5.31. The van der Waals surface area contributed by atoms with Crippen LogP contribution in [0.2, 0.25) is 0 Å². The summed E-state index contributed by atoms with van der Waals surface area (Å²) < 4.78 is 10.8. The zero-order chi connectivity index (χ0) is 16.4. The third-order valence-electron chi connectivity index (χ3n) is 3.39. The summed E-state index contributed by atoms with van der Waals surface area (Å²) >= 11 is 0. The van der Waals surface area contributed by atoms with Crippen molar-refractivity contribution in [2.75, 3.05) is 27.8 Å². The zero-order valence-corrected chi connectivity index (χ0v) is 13.5. The highest BCUT2D eigenvalue weighted by Gasteiger charge is 2.14. The number of rotatable bonds is 5. The smallest absolute Gasteiger partial charge is 0.160 e. The fraction of sp³-hybridized carbons (Fsp3) is 0.333. The second-order valence-electron chi connectivity index (χ2n) is 4.89.